The zero-order valence-corrected chi connectivity index (χ0v) is 23.0. The zero-order chi connectivity index (χ0) is 29.5. The summed E-state index contributed by atoms with van der Waals surface area (Å²) in [6.07, 6.45) is 1.05. The number of rotatable bonds is 8. The standard InChI is InChI=1S/C26H26N6O8S/c1-26(2)19(25(38)40-12-39-3)31-23(37)18(24(31)41-26)29-21(35)17(13-7-5-4-6-8-13)28-20(34)14-11-27-15-9-10-16(33)30-32(15)22(14)36/h4-11,17-19,24H,12H2,1-3H3,(H,28,34)(H,29,35)(H,30,33)/t17?,18-,19+,24-/m1/s1. The molecule has 0 radical (unpaired) electrons. The highest BCUT2D eigenvalue weighted by Gasteiger charge is 2.64. The molecule has 1 aromatic carbocycles. The Bertz CT molecular complexity index is 1650. The third-order valence-electron chi connectivity index (χ3n) is 6.79. The van der Waals surface area contributed by atoms with Crippen LogP contribution < -0.4 is 21.8 Å². The first kappa shape index (κ1) is 28.0. The molecule has 0 saturated carbocycles. The Labute approximate surface area is 236 Å². The number of thioether (sulfide) groups is 1. The van der Waals surface area contributed by atoms with Crippen molar-refractivity contribution < 1.29 is 28.7 Å². The molecule has 0 bridgehead atoms. The van der Waals surface area contributed by atoms with Gasteiger partial charge in [0.1, 0.15) is 29.1 Å². The maximum Gasteiger partial charge on any atom is 0.332 e. The Morgan fingerprint density at radius 2 is 1.85 bits per heavy atom. The third kappa shape index (κ3) is 5.09. The molecule has 3 N–H and O–H groups in total. The number of aromatic nitrogens is 3. The van der Waals surface area contributed by atoms with Crippen LogP contribution in [0.25, 0.3) is 5.65 Å². The van der Waals surface area contributed by atoms with E-state index in [1.54, 1.807) is 44.2 Å². The first-order valence-corrected chi connectivity index (χ1v) is 13.3. The summed E-state index contributed by atoms with van der Waals surface area (Å²) >= 11 is 1.34. The molecule has 214 valence electrons. The van der Waals surface area contributed by atoms with E-state index in [0.717, 1.165) is 10.7 Å². The van der Waals surface area contributed by atoms with E-state index < -0.39 is 68.6 Å². The van der Waals surface area contributed by atoms with Crippen molar-refractivity contribution in [1.29, 1.82) is 0 Å². The average Bonchev–Trinajstić information content (AvgIpc) is 3.21. The quantitative estimate of drug-likeness (QED) is 0.179. The molecule has 3 aromatic rings. The molecule has 1 unspecified atom stereocenters. The van der Waals surface area contributed by atoms with Gasteiger partial charge in [-0.1, -0.05) is 30.3 Å². The van der Waals surface area contributed by atoms with Crippen LogP contribution >= 0.6 is 11.8 Å². The highest BCUT2D eigenvalue weighted by Crippen LogP contribution is 2.51. The summed E-state index contributed by atoms with van der Waals surface area (Å²) in [5.74, 6) is -2.70. The summed E-state index contributed by atoms with van der Waals surface area (Å²) in [6, 6.07) is 7.66. The van der Waals surface area contributed by atoms with Gasteiger partial charge < -0.3 is 25.0 Å². The number of ether oxygens (including phenoxy) is 2. The Balaban J connectivity index is 1.37. The van der Waals surface area contributed by atoms with Crippen LogP contribution in [-0.2, 0) is 23.9 Å². The van der Waals surface area contributed by atoms with E-state index in [2.05, 4.69) is 20.7 Å². The predicted octanol–water partition coefficient (Wildman–Crippen LogP) is -0.452. The molecule has 4 atom stereocenters. The molecular formula is C26H26N6O8S. The number of hydrogen-bond donors (Lipinski definition) is 3. The first-order chi connectivity index (χ1) is 19.5. The Hall–Kier alpha value is -4.50. The number of β-lactam (4-membered cyclic amide) rings is 1. The van der Waals surface area contributed by atoms with Gasteiger partial charge in [-0.15, -0.1) is 11.8 Å². The van der Waals surface area contributed by atoms with Crippen molar-refractivity contribution in [3.8, 4) is 0 Å². The molecule has 0 aliphatic carbocycles. The van der Waals surface area contributed by atoms with Crippen LogP contribution in [0, 0.1) is 0 Å². The van der Waals surface area contributed by atoms with Gasteiger partial charge in [-0.25, -0.2) is 9.78 Å². The maximum absolute atomic E-state index is 13.5. The minimum Gasteiger partial charge on any atom is -0.437 e. The van der Waals surface area contributed by atoms with Crippen molar-refractivity contribution in [3.05, 3.63) is 80.5 Å². The number of fused-ring (bicyclic) bond motifs is 2. The molecule has 4 heterocycles. The van der Waals surface area contributed by atoms with Gasteiger partial charge in [0, 0.05) is 24.1 Å². The molecule has 2 saturated heterocycles. The number of amides is 3. The van der Waals surface area contributed by atoms with E-state index in [0.29, 0.717) is 5.56 Å². The van der Waals surface area contributed by atoms with Crippen molar-refractivity contribution in [2.24, 2.45) is 0 Å². The number of esters is 1. The number of methoxy groups -OCH3 is 1. The second-order valence-corrected chi connectivity index (χ2v) is 11.7. The number of hydrogen-bond acceptors (Lipinski definition) is 10. The molecule has 3 amide bonds. The minimum atomic E-state index is -1.29. The number of H-pyrrole nitrogens is 1. The van der Waals surface area contributed by atoms with Gasteiger partial charge in [0.05, 0.1) is 0 Å². The van der Waals surface area contributed by atoms with Crippen LogP contribution in [0.2, 0.25) is 0 Å². The molecule has 15 heteroatoms. The molecule has 2 aromatic heterocycles. The van der Waals surface area contributed by atoms with Gasteiger partial charge in [0.25, 0.3) is 17.0 Å². The van der Waals surface area contributed by atoms with Gasteiger partial charge in [-0.2, -0.15) is 4.52 Å². The highest BCUT2D eigenvalue weighted by atomic mass is 32.2. The second-order valence-electron chi connectivity index (χ2n) is 9.91. The van der Waals surface area contributed by atoms with Crippen molar-refractivity contribution >= 4 is 41.1 Å². The van der Waals surface area contributed by atoms with Crippen molar-refractivity contribution in [1.82, 2.24) is 30.1 Å². The summed E-state index contributed by atoms with van der Waals surface area (Å²) in [7, 11) is 1.38. The fourth-order valence-electron chi connectivity index (χ4n) is 4.86. The summed E-state index contributed by atoms with van der Waals surface area (Å²) < 4.78 is 10.0. The molecule has 2 aliphatic rings. The van der Waals surface area contributed by atoms with Crippen molar-refractivity contribution in [3.63, 3.8) is 0 Å². The van der Waals surface area contributed by atoms with Crippen LogP contribution in [-0.4, -0.2) is 79.3 Å². The van der Waals surface area contributed by atoms with Gasteiger partial charge >= 0.3 is 5.97 Å². The lowest BCUT2D eigenvalue weighted by Gasteiger charge is -2.44. The summed E-state index contributed by atoms with van der Waals surface area (Å²) in [5.41, 5.74) is -1.29. The van der Waals surface area contributed by atoms with Crippen LogP contribution in [0.4, 0.5) is 0 Å². The largest absolute Gasteiger partial charge is 0.437 e. The van der Waals surface area contributed by atoms with E-state index in [1.165, 1.54) is 35.9 Å². The average molecular weight is 583 g/mol. The normalized spacial score (nSPS) is 21.5. The molecular weight excluding hydrogens is 556 g/mol. The topological polar surface area (TPSA) is 181 Å². The zero-order valence-electron chi connectivity index (χ0n) is 22.2. The number of aromatic amines is 1. The highest BCUT2D eigenvalue weighted by molar-refractivity contribution is 8.01. The molecule has 2 aliphatic heterocycles. The molecule has 5 rings (SSSR count). The summed E-state index contributed by atoms with van der Waals surface area (Å²) in [5, 5.41) is 7.00. The lowest BCUT2D eigenvalue weighted by Crippen LogP contribution is -2.71. The SMILES string of the molecule is COCOC(=O)[C@@H]1N2C(=O)[C@@H](NC(=O)C(NC(=O)c3cnc4ccc(=O)[nH]n4c3=O)c3ccccc3)[C@H]2SC1(C)C. The third-order valence-corrected chi connectivity index (χ3v) is 8.36. The van der Waals surface area contributed by atoms with Crippen LogP contribution in [0.15, 0.2) is 58.3 Å². The molecule has 0 spiro atoms. The molecule has 41 heavy (non-hydrogen) atoms. The molecule has 2 fully saturated rings. The van der Waals surface area contributed by atoms with Crippen LogP contribution in [0.1, 0.15) is 35.8 Å². The lowest BCUT2D eigenvalue weighted by molar-refractivity contribution is -0.170. The Kier molecular flexibility index (Phi) is 7.40. The van der Waals surface area contributed by atoms with E-state index in [-0.39, 0.29) is 12.4 Å². The Morgan fingerprint density at radius 3 is 2.56 bits per heavy atom. The Morgan fingerprint density at radius 1 is 1.12 bits per heavy atom. The maximum atomic E-state index is 13.5. The number of benzene rings is 1. The van der Waals surface area contributed by atoms with E-state index in [1.807, 2.05) is 0 Å². The lowest BCUT2D eigenvalue weighted by atomic mass is 9.95. The van der Waals surface area contributed by atoms with Gasteiger partial charge in [-0.05, 0) is 25.5 Å². The number of nitrogens with one attached hydrogen (secondary N) is 3. The van der Waals surface area contributed by atoms with Crippen LogP contribution in [0.3, 0.4) is 0 Å². The van der Waals surface area contributed by atoms with Gasteiger partial charge in [-0.3, -0.25) is 29.1 Å². The smallest absolute Gasteiger partial charge is 0.332 e. The number of carbonyl (C=O) groups excluding carboxylic acids is 4. The van der Waals surface area contributed by atoms with E-state index in [9.17, 15) is 28.8 Å². The van der Waals surface area contributed by atoms with Crippen LogP contribution in [0.5, 0.6) is 0 Å². The second kappa shape index (κ2) is 10.8. The predicted molar refractivity (Wildman–Crippen MR) is 145 cm³/mol. The fourth-order valence-corrected chi connectivity index (χ4v) is 6.48. The summed E-state index contributed by atoms with van der Waals surface area (Å²) in [4.78, 5) is 82.6. The van der Waals surface area contributed by atoms with Gasteiger partial charge in [0.2, 0.25) is 11.8 Å². The number of carbonyl (C=O) groups is 4. The fraction of sp³-hybridized carbons (Fsp3) is 0.346. The minimum absolute atomic E-state index is 0.123. The van der Waals surface area contributed by atoms with E-state index in [4.69, 9.17) is 9.47 Å². The monoisotopic (exact) mass is 582 g/mol. The number of nitrogens with zero attached hydrogens (tertiary/aromatic N) is 3. The van der Waals surface area contributed by atoms with E-state index >= 15 is 0 Å². The summed E-state index contributed by atoms with van der Waals surface area (Å²) in [6.45, 7) is 3.35. The van der Waals surface area contributed by atoms with Crippen molar-refractivity contribution in [2.45, 2.75) is 42.1 Å². The van der Waals surface area contributed by atoms with Crippen molar-refractivity contribution in [2.75, 3.05) is 13.9 Å². The molecule has 14 nitrogen and oxygen atoms in total. The van der Waals surface area contributed by atoms with Gasteiger partial charge in [0.15, 0.2) is 12.4 Å². The first-order valence-electron chi connectivity index (χ1n) is 12.5.